The number of para-hydroxylation sites is 1. The molecule has 0 saturated heterocycles. The van der Waals surface area contributed by atoms with Crippen LogP contribution in [0.15, 0.2) is 146 Å². The zero-order valence-corrected chi connectivity index (χ0v) is 28.4. The van der Waals surface area contributed by atoms with E-state index in [-0.39, 0.29) is 5.92 Å². The summed E-state index contributed by atoms with van der Waals surface area (Å²) in [7, 11) is 0. The summed E-state index contributed by atoms with van der Waals surface area (Å²) in [4.78, 5) is 19.9. The van der Waals surface area contributed by atoms with Crippen LogP contribution in [0.1, 0.15) is 35.1 Å². The fraction of sp³-hybridized carbons (Fsp3) is 0.130. The van der Waals surface area contributed by atoms with Crippen molar-refractivity contribution >= 4 is 43.4 Å². The van der Waals surface area contributed by atoms with Crippen molar-refractivity contribution in [3.63, 3.8) is 0 Å². The van der Waals surface area contributed by atoms with Crippen LogP contribution in [0.2, 0.25) is 0 Å². The lowest BCUT2D eigenvalue weighted by molar-refractivity contribution is 0.455. The Hall–Kier alpha value is -6.00. The summed E-state index contributed by atoms with van der Waals surface area (Å²) in [6, 6.07) is 34.6. The van der Waals surface area contributed by atoms with Crippen LogP contribution in [-0.2, 0) is 0 Å². The first-order valence-electron chi connectivity index (χ1n) is 17.4. The topological polar surface area (TPSA) is 51.6 Å². The Morgan fingerprint density at radius 2 is 1.14 bits per heavy atom. The van der Waals surface area contributed by atoms with Gasteiger partial charge >= 0.3 is 0 Å². The molecule has 4 heteroatoms. The van der Waals surface area contributed by atoms with Gasteiger partial charge in [0.2, 0.25) is 0 Å². The first-order chi connectivity index (χ1) is 24.6. The molecule has 0 N–H and O–H groups in total. The Bertz CT molecular complexity index is 2630. The van der Waals surface area contributed by atoms with Gasteiger partial charge in [-0.15, -0.1) is 0 Å². The average molecular weight is 645 g/mol. The van der Waals surface area contributed by atoms with E-state index in [0.717, 1.165) is 55.1 Å². The number of aromatic nitrogens is 4. The van der Waals surface area contributed by atoms with E-state index in [9.17, 15) is 0 Å². The molecule has 0 amide bonds. The third-order valence-electron chi connectivity index (χ3n) is 10.6. The maximum absolute atomic E-state index is 5.55. The molecule has 4 aromatic heterocycles. The largest absolute Gasteiger partial charge is 0.264 e. The van der Waals surface area contributed by atoms with Crippen LogP contribution in [0.25, 0.3) is 65.9 Å². The molecule has 0 spiro atoms. The van der Waals surface area contributed by atoms with E-state index in [2.05, 4.69) is 140 Å². The van der Waals surface area contributed by atoms with Gasteiger partial charge in [0.15, 0.2) is 0 Å². The molecule has 0 fully saturated rings. The molecule has 4 aromatic carbocycles. The average Bonchev–Trinajstić information content (AvgIpc) is 3.17. The quantitative estimate of drug-likeness (QED) is 0.138. The van der Waals surface area contributed by atoms with Crippen molar-refractivity contribution in [3.8, 4) is 22.5 Å². The Morgan fingerprint density at radius 1 is 0.540 bits per heavy atom. The highest BCUT2D eigenvalue weighted by Crippen LogP contribution is 2.46. The smallest absolute Gasteiger partial charge is 0.0806 e. The molecule has 1 aliphatic rings. The normalized spacial score (nSPS) is 16.5. The molecule has 4 heterocycles. The van der Waals surface area contributed by atoms with Gasteiger partial charge in [0, 0.05) is 63.4 Å². The van der Waals surface area contributed by atoms with Gasteiger partial charge in [0.05, 0.1) is 22.4 Å². The number of hydrogen-bond acceptors (Lipinski definition) is 4. The van der Waals surface area contributed by atoms with E-state index >= 15 is 0 Å². The highest BCUT2D eigenvalue weighted by molar-refractivity contribution is 6.25. The Labute approximate surface area is 291 Å². The lowest BCUT2D eigenvalue weighted by atomic mass is 9.73. The molecule has 4 nitrogen and oxygen atoms in total. The zero-order chi connectivity index (χ0) is 33.8. The maximum atomic E-state index is 5.55. The molecule has 3 atom stereocenters. The molecule has 0 aliphatic heterocycles. The summed E-state index contributed by atoms with van der Waals surface area (Å²) in [5.41, 5.74) is 10.8. The lowest BCUT2D eigenvalue weighted by Gasteiger charge is -2.31. The number of rotatable bonds is 5. The van der Waals surface area contributed by atoms with E-state index in [4.69, 9.17) is 9.97 Å². The van der Waals surface area contributed by atoms with Crippen LogP contribution in [0.5, 0.6) is 0 Å². The second kappa shape index (κ2) is 12.2. The molecule has 0 saturated carbocycles. The van der Waals surface area contributed by atoms with Gasteiger partial charge in [-0.2, -0.15) is 0 Å². The van der Waals surface area contributed by atoms with Crippen molar-refractivity contribution in [2.45, 2.75) is 26.7 Å². The van der Waals surface area contributed by atoms with Gasteiger partial charge < -0.3 is 0 Å². The van der Waals surface area contributed by atoms with Gasteiger partial charge in [-0.05, 0) is 95.1 Å². The van der Waals surface area contributed by atoms with E-state index in [1.54, 1.807) is 0 Å². The maximum Gasteiger partial charge on any atom is 0.0806 e. The number of nitrogens with zero attached hydrogens (tertiary/aromatic N) is 4. The minimum absolute atomic E-state index is 0.184. The lowest BCUT2D eigenvalue weighted by Crippen LogP contribution is -2.20. The third-order valence-corrected chi connectivity index (χ3v) is 10.6. The van der Waals surface area contributed by atoms with Crippen molar-refractivity contribution in [1.29, 1.82) is 0 Å². The fourth-order valence-electron chi connectivity index (χ4n) is 8.32. The molecule has 8 aromatic rings. The molecule has 3 unspecified atom stereocenters. The van der Waals surface area contributed by atoms with Gasteiger partial charge in [0.1, 0.15) is 0 Å². The van der Waals surface area contributed by atoms with Crippen LogP contribution >= 0.6 is 0 Å². The molecule has 9 rings (SSSR count). The van der Waals surface area contributed by atoms with Gasteiger partial charge in [-0.3, -0.25) is 9.97 Å². The van der Waals surface area contributed by atoms with Crippen LogP contribution < -0.4 is 0 Å². The minimum atomic E-state index is 0.184. The highest BCUT2D eigenvalue weighted by Gasteiger charge is 2.29. The van der Waals surface area contributed by atoms with Crippen molar-refractivity contribution in [2.24, 2.45) is 11.8 Å². The summed E-state index contributed by atoms with van der Waals surface area (Å²) in [6.45, 7) is 6.83. The summed E-state index contributed by atoms with van der Waals surface area (Å²) in [5.74, 6) is 0.914. The number of pyridine rings is 4. The second-order valence-electron chi connectivity index (χ2n) is 13.5. The highest BCUT2D eigenvalue weighted by atomic mass is 14.7. The summed E-state index contributed by atoms with van der Waals surface area (Å²) < 4.78 is 0. The number of allylic oxidation sites excluding steroid dienone is 4. The van der Waals surface area contributed by atoms with Crippen LogP contribution in [-0.4, -0.2) is 19.9 Å². The standard InChI is InChI=1S/C46H36N4/c1-28-13-7-8-18-35(28)44(31-14-5-4-6-15-31)32-21-22-37-39(25-32)50-46(34-17-12-24-48-27-34)43-29(2)40-36-19-9-10-20-38(36)49-45(33-16-11-23-47-26-33)42(40)30(3)41(37)43/h4-28,35,44H,1-3H3. The Balaban J connectivity index is 1.41. The molecule has 50 heavy (non-hydrogen) atoms. The minimum Gasteiger partial charge on any atom is -0.264 e. The summed E-state index contributed by atoms with van der Waals surface area (Å²) in [5, 5.41) is 7.01. The van der Waals surface area contributed by atoms with Gasteiger partial charge in [-0.25, -0.2) is 9.97 Å². The Kier molecular flexibility index (Phi) is 7.31. The molecular weight excluding hydrogens is 609 g/mol. The number of fused-ring (bicyclic) bond motifs is 6. The van der Waals surface area contributed by atoms with E-state index in [0.29, 0.717) is 11.8 Å². The summed E-state index contributed by atoms with van der Waals surface area (Å²) >= 11 is 0. The van der Waals surface area contributed by atoms with Crippen LogP contribution in [0.4, 0.5) is 0 Å². The van der Waals surface area contributed by atoms with Crippen LogP contribution in [0.3, 0.4) is 0 Å². The Morgan fingerprint density at radius 3 is 1.78 bits per heavy atom. The number of benzene rings is 4. The predicted molar refractivity (Wildman–Crippen MR) is 207 cm³/mol. The zero-order valence-electron chi connectivity index (χ0n) is 28.4. The molecule has 0 radical (unpaired) electrons. The first-order valence-corrected chi connectivity index (χ1v) is 17.4. The SMILES string of the molecule is Cc1c2c(-c3cccnc3)nc3cc(C(c4ccccc4)C4C=CC=CC4C)ccc3c2c(C)c2c(-c3cccnc3)nc3ccccc3c12. The number of hydrogen-bond donors (Lipinski definition) is 0. The van der Waals surface area contributed by atoms with Crippen molar-refractivity contribution in [1.82, 2.24) is 19.9 Å². The molecule has 240 valence electrons. The molecular formula is C46H36N4. The van der Waals surface area contributed by atoms with E-state index in [1.165, 1.54) is 33.0 Å². The third kappa shape index (κ3) is 4.82. The monoisotopic (exact) mass is 644 g/mol. The fourth-order valence-corrected chi connectivity index (χ4v) is 8.32. The number of aryl methyl sites for hydroxylation is 2. The van der Waals surface area contributed by atoms with Crippen LogP contribution in [0, 0.1) is 25.7 Å². The van der Waals surface area contributed by atoms with Crippen molar-refractivity contribution < 1.29 is 0 Å². The van der Waals surface area contributed by atoms with E-state index < -0.39 is 0 Å². The van der Waals surface area contributed by atoms with E-state index in [1.807, 2.05) is 36.9 Å². The molecule has 0 bridgehead atoms. The van der Waals surface area contributed by atoms with Crippen molar-refractivity contribution in [2.75, 3.05) is 0 Å². The van der Waals surface area contributed by atoms with Gasteiger partial charge in [0.25, 0.3) is 0 Å². The second-order valence-corrected chi connectivity index (χ2v) is 13.5. The van der Waals surface area contributed by atoms with Gasteiger partial charge in [-0.1, -0.05) is 91.9 Å². The van der Waals surface area contributed by atoms with Crippen molar-refractivity contribution in [3.05, 3.63) is 168 Å². The summed E-state index contributed by atoms with van der Waals surface area (Å²) in [6.07, 6.45) is 16.6. The first kappa shape index (κ1) is 30.1. The molecule has 1 aliphatic carbocycles. The predicted octanol–water partition coefficient (Wildman–Crippen LogP) is 11.3.